The largest absolute Gasteiger partial charge is 0.483 e. The van der Waals surface area contributed by atoms with Gasteiger partial charge in [0.15, 0.2) is 6.61 Å². The number of anilines is 1. The van der Waals surface area contributed by atoms with Crippen LogP contribution in [0.25, 0.3) is 10.8 Å². The highest BCUT2D eigenvalue weighted by molar-refractivity contribution is 5.97. The minimum atomic E-state index is -0.161. The second kappa shape index (κ2) is 4.74. The molecule has 1 amide bonds. The minimum absolute atomic E-state index is 0.00438. The Morgan fingerprint density at radius 1 is 1.24 bits per heavy atom. The number of rotatable bonds is 3. The van der Waals surface area contributed by atoms with E-state index in [1.807, 2.05) is 24.3 Å². The van der Waals surface area contributed by atoms with Crippen molar-refractivity contribution in [3.05, 3.63) is 36.4 Å². The molecule has 88 valence electrons. The van der Waals surface area contributed by atoms with E-state index in [1.54, 1.807) is 19.2 Å². The van der Waals surface area contributed by atoms with Gasteiger partial charge < -0.3 is 15.8 Å². The summed E-state index contributed by atoms with van der Waals surface area (Å²) < 4.78 is 5.46. The topological polar surface area (TPSA) is 64.3 Å². The molecule has 0 spiro atoms. The summed E-state index contributed by atoms with van der Waals surface area (Å²) in [5.74, 6) is 0.504. The van der Waals surface area contributed by atoms with Crippen molar-refractivity contribution in [2.45, 2.75) is 0 Å². The Kier molecular flexibility index (Phi) is 3.14. The molecule has 0 bridgehead atoms. The van der Waals surface area contributed by atoms with Crippen molar-refractivity contribution < 1.29 is 9.53 Å². The van der Waals surface area contributed by atoms with Crippen molar-refractivity contribution in [3.63, 3.8) is 0 Å². The lowest BCUT2D eigenvalue weighted by Gasteiger charge is -2.10. The van der Waals surface area contributed by atoms with Gasteiger partial charge in [-0.25, -0.2) is 0 Å². The molecule has 0 aliphatic rings. The molecule has 0 fully saturated rings. The third kappa shape index (κ3) is 2.30. The predicted octanol–water partition coefficient (Wildman–Crippen LogP) is 1.55. The fourth-order valence-electron chi connectivity index (χ4n) is 1.64. The number of nitrogens with one attached hydrogen (secondary N) is 1. The minimum Gasteiger partial charge on any atom is -0.483 e. The summed E-state index contributed by atoms with van der Waals surface area (Å²) in [5, 5.41) is 4.35. The molecule has 0 heterocycles. The van der Waals surface area contributed by atoms with Crippen molar-refractivity contribution in [2.75, 3.05) is 19.4 Å². The van der Waals surface area contributed by atoms with E-state index < -0.39 is 0 Å². The van der Waals surface area contributed by atoms with E-state index in [9.17, 15) is 4.79 Å². The summed E-state index contributed by atoms with van der Waals surface area (Å²) in [6.45, 7) is 0.00438. The van der Waals surface area contributed by atoms with Crippen LogP contribution in [0.2, 0.25) is 0 Å². The molecule has 17 heavy (non-hydrogen) atoms. The normalized spacial score (nSPS) is 10.2. The van der Waals surface area contributed by atoms with Gasteiger partial charge >= 0.3 is 0 Å². The number of ether oxygens (including phenoxy) is 1. The number of amides is 1. The first-order chi connectivity index (χ1) is 8.22. The first-order valence-corrected chi connectivity index (χ1v) is 5.33. The zero-order valence-electron chi connectivity index (χ0n) is 9.57. The first kappa shape index (κ1) is 11.3. The Bertz CT molecular complexity index is 552. The lowest BCUT2D eigenvalue weighted by Crippen LogP contribution is -2.24. The van der Waals surface area contributed by atoms with Gasteiger partial charge in [-0.1, -0.05) is 24.3 Å². The van der Waals surface area contributed by atoms with E-state index in [4.69, 9.17) is 10.5 Å². The molecule has 4 heteroatoms. The Hall–Kier alpha value is -2.23. The number of fused-ring (bicyclic) bond motifs is 1. The highest BCUT2D eigenvalue weighted by atomic mass is 16.5. The number of nitrogen functional groups attached to an aromatic ring is 1. The maximum absolute atomic E-state index is 11.1. The number of carbonyl (C=O) groups is 1. The molecule has 3 N–H and O–H groups in total. The van der Waals surface area contributed by atoms with Crippen LogP contribution < -0.4 is 15.8 Å². The molecule has 2 aromatic carbocycles. The summed E-state index contributed by atoms with van der Waals surface area (Å²) >= 11 is 0. The van der Waals surface area contributed by atoms with E-state index in [0.717, 1.165) is 10.8 Å². The number of likely N-dealkylation sites (N-methyl/N-ethyl adjacent to an activating group) is 1. The van der Waals surface area contributed by atoms with Crippen LogP contribution in [0.3, 0.4) is 0 Å². The van der Waals surface area contributed by atoms with E-state index in [-0.39, 0.29) is 12.5 Å². The molecule has 0 saturated heterocycles. The number of hydrogen-bond donors (Lipinski definition) is 2. The second-order valence-electron chi connectivity index (χ2n) is 3.66. The quantitative estimate of drug-likeness (QED) is 0.786. The molecule has 2 rings (SSSR count). The van der Waals surface area contributed by atoms with Crippen LogP contribution in [0.4, 0.5) is 5.69 Å². The maximum atomic E-state index is 11.1. The van der Waals surface area contributed by atoms with Crippen LogP contribution in [0.1, 0.15) is 0 Å². The van der Waals surface area contributed by atoms with Gasteiger partial charge in [0.05, 0.1) is 0 Å². The van der Waals surface area contributed by atoms with Gasteiger partial charge in [-0.15, -0.1) is 0 Å². The van der Waals surface area contributed by atoms with Crippen molar-refractivity contribution >= 4 is 22.4 Å². The number of benzene rings is 2. The summed E-state index contributed by atoms with van der Waals surface area (Å²) in [6.07, 6.45) is 0. The highest BCUT2D eigenvalue weighted by Crippen LogP contribution is 2.29. The van der Waals surface area contributed by atoms with Crippen LogP contribution in [0.15, 0.2) is 36.4 Å². The molecule has 0 aliphatic carbocycles. The summed E-state index contributed by atoms with van der Waals surface area (Å²) in [5.41, 5.74) is 6.57. The van der Waals surface area contributed by atoms with Crippen molar-refractivity contribution in [3.8, 4) is 5.75 Å². The monoisotopic (exact) mass is 230 g/mol. The third-order valence-corrected chi connectivity index (χ3v) is 2.56. The van der Waals surface area contributed by atoms with Gasteiger partial charge in [0.1, 0.15) is 5.75 Å². The summed E-state index contributed by atoms with van der Waals surface area (Å²) in [6, 6.07) is 11.2. The SMILES string of the molecule is CNC(=O)COc1ccc(N)c2ccccc12. The fraction of sp³-hybridized carbons (Fsp3) is 0.154. The lowest BCUT2D eigenvalue weighted by atomic mass is 10.1. The molecule has 0 atom stereocenters. The molecule has 2 aromatic rings. The van der Waals surface area contributed by atoms with Crippen molar-refractivity contribution in [2.24, 2.45) is 0 Å². The first-order valence-electron chi connectivity index (χ1n) is 5.33. The second-order valence-corrected chi connectivity index (χ2v) is 3.66. The molecule has 0 radical (unpaired) electrons. The molecule has 0 unspecified atom stereocenters. The van der Waals surface area contributed by atoms with Crippen LogP contribution in [0.5, 0.6) is 5.75 Å². The van der Waals surface area contributed by atoms with E-state index in [2.05, 4.69) is 5.32 Å². The fourth-order valence-corrected chi connectivity index (χ4v) is 1.64. The van der Waals surface area contributed by atoms with E-state index >= 15 is 0 Å². The standard InChI is InChI=1S/C13H14N2O2/c1-15-13(16)8-17-12-7-6-11(14)9-4-2-3-5-10(9)12/h2-7H,8,14H2,1H3,(H,15,16). The van der Waals surface area contributed by atoms with Crippen LogP contribution >= 0.6 is 0 Å². The smallest absolute Gasteiger partial charge is 0.257 e. The number of hydrogen-bond acceptors (Lipinski definition) is 3. The van der Waals surface area contributed by atoms with Crippen LogP contribution in [-0.4, -0.2) is 19.6 Å². The molecule has 0 aromatic heterocycles. The Morgan fingerprint density at radius 2 is 1.94 bits per heavy atom. The van der Waals surface area contributed by atoms with Crippen molar-refractivity contribution in [1.82, 2.24) is 5.32 Å². The van der Waals surface area contributed by atoms with Gasteiger partial charge in [-0.05, 0) is 12.1 Å². The van der Waals surface area contributed by atoms with Crippen molar-refractivity contribution in [1.29, 1.82) is 0 Å². The molecule has 4 nitrogen and oxygen atoms in total. The molecule has 0 saturated carbocycles. The summed E-state index contributed by atoms with van der Waals surface area (Å²) in [4.78, 5) is 11.1. The Labute approximate surface area is 99.4 Å². The summed E-state index contributed by atoms with van der Waals surface area (Å²) in [7, 11) is 1.58. The zero-order valence-corrected chi connectivity index (χ0v) is 9.57. The van der Waals surface area contributed by atoms with E-state index in [1.165, 1.54) is 0 Å². The van der Waals surface area contributed by atoms with Gasteiger partial charge in [0, 0.05) is 23.5 Å². The van der Waals surface area contributed by atoms with Gasteiger partial charge in [-0.3, -0.25) is 4.79 Å². The van der Waals surface area contributed by atoms with E-state index in [0.29, 0.717) is 11.4 Å². The number of nitrogens with two attached hydrogens (primary N) is 1. The number of carbonyl (C=O) groups excluding carboxylic acids is 1. The molecular weight excluding hydrogens is 216 g/mol. The zero-order chi connectivity index (χ0) is 12.3. The Morgan fingerprint density at radius 3 is 2.65 bits per heavy atom. The Balaban J connectivity index is 2.35. The lowest BCUT2D eigenvalue weighted by molar-refractivity contribution is -0.122. The van der Waals surface area contributed by atoms with Crippen LogP contribution in [0, 0.1) is 0 Å². The maximum Gasteiger partial charge on any atom is 0.257 e. The molecular formula is C13H14N2O2. The highest BCUT2D eigenvalue weighted by Gasteiger charge is 2.06. The van der Waals surface area contributed by atoms with Gasteiger partial charge in [0.25, 0.3) is 5.91 Å². The molecule has 0 aliphatic heterocycles. The average Bonchev–Trinajstić information content (AvgIpc) is 2.38. The average molecular weight is 230 g/mol. The van der Waals surface area contributed by atoms with Gasteiger partial charge in [-0.2, -0.15) is 0 Å². The van der Waals surface area contributed by atoms with Crippen LogP contribution in [-0.2, 0) is 4.79 Å². The predicted molar refractivity (Wildman–Crippen MR) is 67.9 cm³/mol. The third-order valence-electron chi connectivity index (χ3n) is 2.56. The van der Waals surface area contributed by atoms with Gasteiger partial charge in [0.2, 0.25) is 0 Å².